The molecule has 5 nitrogen and oxygen atoms in total. The molecule has 0 fully saturated rings. The number of benzene rings is 1. The minimum Gasteiger partial charge on any atom is -0.507 e. The van der Waals surface area contributed by atoms with E-state index in [0.29, 0.717) is 23.4 Å². The lowest BCUT2D eigenvalue weighted by Gasteiger charge is -2.20. The first-order valence-corrected chi connectivity index (χ1v) is 8.47. The van der Waals surface area contributed by atoms with E-state index in [1.54, 1.807) is 24.5 Å². The highest BCUT2D eigenvalue weighted by Gasteiger charge is 2.33. The van der Waals surface area contributed by atoms with Crippen molar-refractivity contribution in [2.24, 2.45) is 0 Å². The highest BCUT2D eigenvalue weighted by molar-refractivity contribution is 6.15. The summed E-state index contributed by atoms with van der Waals surface area (Å²) in [4.78, 5) is 19.0. The average Bonchev–Trinajstić information content (AvgIpc) is 2.93. The molecule has 0 radical (unpaired) electrons. The molecular formula is C20H22N2O3. The summed E-state index contributed by atoms with van der Waals surface area (Å²) in [6.45, 7) is 8.19. The topological polar surface area (TPSA) is 62.7 Å². The Hall–Kier alpha value is -2.66. The zero-order valence-electron chi connectivity index (χ0n) is 14.7. The van der Waals surface area contributed by atoms with E-state index in [4.69, 9.17) is 4.74 Å². The third-order valence-corrected chi connectivity index (χ3v) is 4.50. The number of aromatic nitrogens is 1. The van der Waals surface area contributed by atoms with Crippen molar-refractivity contribution in [2.75, 3.05) is 13.1 Å². The van der Waals surface area contributed by atoms with Gasteiger partial charge in [-0.25, -0.2) is 0 Å². The van der Waals surface area contributed by atoms with Crippen LogP contribution in [0.5, 0.6) is 11.5 Å². The molecule has 25 heavy (non-hydrogen) atoms. The Kier molecular flexibility index (Phi) is 4.86. The monoisotopic (exact) mass is 338 g/mol. The maximum absolute atomic E-state index is 12.8. The molecule has 2 heterocycles. The number of hydrogen-bond donors (Lipinski definition) is 1. The summed E-state index contributed by atoms with van der Waals surface area (Å²) >= 11 is 0. The third-order valence-electron chi connectivity index (χ3n) is 4.50. The van der Waals surface area contributed by atoms with Crippen LogP contribution in [0.1, 0.15) is 40.9 Å². The fourth-order valence-corrected chi connectivity index (χ4v) is 3.01. The van der Waals surface area contributed by atoms with Gasteiger partial charge in [0.1, 0.15) is 11.5 Å². The largest absolute Gasteiger partial charge is 0.507 e. The zero-order valence-corrected chi connectivity index (χ0v) is 14.7. The fraction of sp³-hybridized carbons (Fsp3) is 0.300. The Morgan fingerprint density at radius 3 is 2.56 bits per heavy atom. The summed E-state index contributed by atoms with van der Waals surface area (Å²) in [6.07, 6.45) is 5.05. The molecular weight excluding hydrogens is 316 g/mol. The van der Waals surface area contributed by atoms with Gasteiger partial charge in [0.2, 0.25) is 5.78 Å². The van der Waals surface area contributed by atoms with E-state index in [2.05, 4.69) is 23.7 Å². The van der Waals surface area contributed by atoms with Crippen LogP contribution in [0.3, 0.4) is 0 Å². The molecule has 0 atom stereocenters. The van der Waals surface area contributed by atoms with Gasteiger partial charge in [-0.1, -0.05) is 13.8 Å². The van der Waals surface area contributed by atoms with E-state index in [1.807, 2.05) is 19.1 Å². The van der Waals surface area contributed by atoms with E-state index < -0.39 is 0 Å². The summed E-state index contributed by atoms with van der Waals surface area (Å²) < 4.78 is 5.91. The van der Waals surface area contributed by atoms with Gasteiger partial charge in [0, 0.05) is 18.9 Å². The number of aromatic hydroxyl groups is 1. The van der Waals surface area contributed by atoms with Gasteiger partial charge in [-0.05, 0) is 55.4 Å². The van der Waals surface area contributed by atoms with E-state index in [-0.39, 0.29) is 17.3 Å². The molecule has 0 saturated heterocycles. The van der Waals surface area contributed by atoms with Crippen LogP contribution in [0, 0.1) is 6.92 Å². The standard InChI is InChI=1S/C20H22N2O3/c1-4-22(5-2)12-15-16(23)10-13(3)18-19(24)17(25-20(15)18)11-14-6-8-21-9-7-14/h6-11,23H,4-5,12H2,1-3H3/b17-11-. The third kappa shape index (κ3) is 3.28. The van der Waals surface area contributed by atoms with Crippen LogP contribution in [0.4, 0.5) is 0 Å². The van der Waals surface area contributed by atoms with Crippen molar-refractivity contribution in [3.63, 3.8) is 0 Å². The number of allylic oxidation sites excluding steroid dienone is 1. The number of Topliss-reactive ketones (excluding diaryl/α,β-unsaturated/α-hetero) is 1. The fourth-order valence-electron chi connectivity index (χ4n) is 3.01. The Bertz CT molecular complexity index is 825. The molecule has 0 saturated carbocycles. The van der Waals surface area contributed by atoms with E-state index >= 15 is 0 Å². The lowest BCUT2D eigenvalue weighted by Crippen LogP contribution is -2.22. The minimum absolute atomic E-state index is 0.148. The zero-order chi connectivity index (χ0) is 18.0. The summed E-state index contributed by atoms with van der Waals surface area (Å²) in [5, 5.41) is 10.4. The Morgan fingerprint density at radius 2 is 1.92 bits per heavy atom. The molecule has 0 aliphatic carbocycles. The van der Waals surface area contributed by atoms with Gasteiger partial charge in [-0.2, -0.15) is 0 Å². The van der Waals surface area contributed by atoms with Crippen LogP contribution in [-0.2, 0) is 6.54 Å². The Balaban J connectivity index is 2.04. The molecule has 1 aromatic carbocycles. The number of ketones is 1. The number of fused-ring (bicyclic) bond motifs is 1. The quantitative estimate of drug-likeness (QED) is 0.845. The number of aryl methyl sites for hydroxylation is 1. The highest BCUT2D eigenvalue weighted by atomic mass is 16.5. The number of hydrogen-bond acceptors (Lipinski definition) is 5. The van der Waals surface area contributed by atoms with Crippen molar-refractivity contribution in [3.05, 3.63) is 58.6 Å². The lowest BCUT2D eigenvalue weighted by molar-refractivity contribution is 0.101. The summed E-state index contributed by atoms with van der Waals surface area (Å²) in [7, 11) is 0. The van der Waals surface area contributed by atoms with E-state index in [1.165, 1.54) is 0 Å². The number of nitrogens with zero attached hydrogens (tertiary/aromatic N) is 2. The predicted molar refractivity (Wildman–Crippen MR) is 96.6 cm³/mol. The molecule has 1 aliphatic heterocycles. The summed E-state index contributed by atoms with van der Waals surface area (Å²) in [5.74, 6) is 0.775. The maximum Gasteiger partial charge on any atom is 0.232 e. The van der Waals surface area contributed by atoms with E-state index in [0.717, 1.165) is 24.2 Å². The number of rotatable bonds is 5. The van der Waals surface area contributed by atoms with Crippen molar-refractivity contribution < 1.29 is 14.6 Å². The van der Waals surface area contributed by atoms with Crippen molar-refractivity contribution in [1.29, 1.82) is 0 Å². The normalized spacial score (nSPS) is 14.9. The molecule has 0 spiro atoms. The maximum atomic E-state index is 12.8. The molecule has 1 aromatic heterocycles. The second-order valence-corrected chi connectivity index (χ2v) is 6.08. The molecule has 0 bridgehead atoms. The Labute approximate surface area is 147 Å². The van der Waals surface area contributed by atoms with Crippen molar-refractivity contribution >= 4 is 11.9 Å². The summed E-state index contributed by atoms with van der Waals surface area (Å²) in [5.41, 5.74) is 2.77. The van der Waals surface area contributed by atoms with Gasteiger partial charge >= 0.3 is 0 Å². The minimum atomic E-state index is -0.148. The average molecular weight is 338 g/mol. The van der Waals surface area contributed by atoms with Gasteiger partial charge in [-0.3, -0.25) is 14.7 Å². The molecule has 2 aromatic rings. The number of carbonyl (C=O) groups is 1. The Morgan fingerprint density at radius 1 is 1.24 bits per heavy atom. The smallest absolute Gasteiger partial charge is 0.232 e. The second kappa shape index (κ2) is 7.07. The van der Waals surface area contributed by atoms with Gasteiger partial charge < -0.3 is 9.84 Å². The van der Waals surface area contributed by atoms with Crippen molar-refractivity contribution in [2.45, 2.75) is 27.3 Å². The summed E-state index contributed by atoms with van der Waals surface area (Å²) in [6, 6.07) is 5.27. The number of phenols is 1. The molecule has 1 aliphatic rings. The molecule has 130 valence electrons. The number of phenolic OH excluding ortho intramolecular Hbond substituents is 1. The first-order valence-electron chi connectivity index (χ1n) is 8.47. The van der Waals surface area contributed by atoms with Gasteiger partial charge in [0.25, 0.3) is 0 Å². The van der Waals surface area contributed by atoms with Crippen LogP contribution < -0.4 is 4.74 Å². The molecule has 1 N–H and O–H groups in total. The van der Waals surface area contributed by atoms with Crippen molar-refractivity contribution in [3.8, 4) is 11.5 Å². The van der Waals surface area contributed by atoms with Gasteiger partial charge in [0.15, 0.2) is 5.76 Å². The SMILES string of the molecule is CCN(CC)Cc1c(O)cc(C)c2c1O/C(=C\c1ccncc1)C2=O. The van der Waals surface area contributed by atoms with Crippen LogP contribution in [0.2, 0.25) is 0 Å². The van der Waals surface area contributed by atoms with Crippen molar-refractivity contribution in [1.82, 2.24) is 9.88 Å². The predicted octanol–water partition coefficient (Wildman–Crippen LogP) is 3.55. The number of carbonyl (C=O) groups excluding carboxylic acids is 1. The molecule has 0 amide bonds. The van der Waals surface area contributed by atoms with Gasteiger partial charge in [0.05, 0.1) is 11.1 Å². The van der Waals surface area contributed by atoms with Crippen LogP contribution in [-0.4, -0.2) is 33.9 Å². The van der Waals surface area contributed by atoms with Gasteiger partial charge in [-0.15, -0.1) is 0 Å². The number of ether oxygens (including phenoxy) is 1. The first-order chi connectivity index (χ1) is 12.0. The van der Waals surface area contributed by atoms with Crippen LogP contribution in [0.15, 0.2) is 36.4 Å². The highest BCUT2D eigenvalue weighted by Crippen LogP contribution is 2.42. The first kappa shape index (κ1) is 17.2. The number of pyridine rings is 1. The van der Waals surface area contributed by atoms with Crippen LogP contribution >= 0.6 is 0 Å². The molecule has 0 unspecified atom stereocenters. The van der Waals surface area contributed by atoms with Crippen LogP contribution in [0.25, 0.3) is 6.08 Å². The second-order valence-electron chi connectivity index (χ2n) is 6.08. The molecule has 5 heteroatoms. The molecule has 3 rings (SSSR count). The van der Waals surface area contributed by atoms with E-state index in [9.17, 15) is 9.90 Å². The lowest BCUT2D eigenvalue weighted by atomic mass is 9.99.